The minimum absolute atomic E-state index is 0.278. The number of rotatable bonds is 7. The summed E-state index contributed by atoms with van der Waals surface area (Å²) >= 11 is 1.65. The van der Waals surface area contributed by atoms with Gasteiger partial charge in [0.15, 0.2) is 0 Å². The van der Waals surface area contributed by atoms with E-state index in [2.05, 4.69) is 27.3 Å². The zero-order chi connectivity index (χ0) is 13.5. The molecule has 1 aliphatic heterocycles. The summed E-state index contributed by atoms with van der Waals surface area (Å²) < 4.78 is 0. The molecule has 1 aromatic heterocycles. The second-order valence-corrected chi connectivity index (χ2v) is 6.12. The van der Waals surface area contributed by atoms with Crippen molar-refractivity contribution in [2.75, 3.05) is 25.0 Å². The van der Waals surface area contributed by atoms with Gasteiger partial charge in [-0.1, -0.05) is 24.7 Å². The quantitative estimate of drug-likeness (QED) is 0.803. The van der Waals surface area contributed by atoms with Crippen LogP contribution in [0.3, 0.4) is 0 Å². The zero-order valence-corrected chi connectivity index (χ0v) is 12.5. The third-order valence-electron chi connectivity index (χ3n) is 3.54. The standard InChI is InChI=1S/C13H24N4OS/c1-2-7-14-13-16-15-12(19-13)10-17-8-4-3-5-11(17)6-9-18/h11,18H,2-10H2,1H3,(H,14,16). The van der Waals surface area contributed by atoms with E-state index in [0.717, 1.165) is 42.6 Å². The van der Waals surface area contributed by atoms with Gasteiger partial charge in [-0.05, 0) is 32.2 Å². The normalized spacial score (nSPS) is 20.6. The Labute approximate surface area is 119 Å². The molecule has 1 saturated heterocycles. The second-order valence-electron chi connectivity index (χ2n) is 5.06. The fourth-order valence-corrected chi connectivity index (χ4v) is 3.33. The predicted molar refractivity (Wildman–Crippen MR) is 78.4 cm³/mol. The van der Waals surface area contributed by atoms with Gasteiger partial charge in [0, 0.05) is 19.2 Å². The summed E-state index contributed by atoms with van der Waals surface area (Å²) in [6.07, 6.45) is 5.70. The van der Waals surface area contributed by atoms with E-state index in [0.29, 0.717) is 6.04 Å². The van der Waals surface area contributed by atoms with E-state index in [4.69, 9.17) is 5.11 Å². The summed E-state index contributed by atoms with van der Waals surface area (Å²) in [4.78, 5) is 2.45. The molecule has 0 saturated carbocycles. The number of piperidine rings is 1. The Morgan fingerprint density at radius 3 is 3.11 bits per heavy atom. The van der Waals surface area contributed by atoms with Gasteiger partial charge in [0.2, 0.25) is 5.13 Å². The maximum atomic E-state index is 9.14. The molecule has 108 valence electrons. The van der Waals surface area contributed by atoms with Gasteiger partial charge in [0.05, 0.1) is 6.54 Å². The monoisotopic (exact) mass is 284 g/mol. The van der Waals surface area contributed by atoms with Crippen molar-refractivity contribution in [1.29, 1.82) is 0 Å². The van der Waals surface area contributed by atoms with Crippen molar-refractivity contribution < 1.29 is 5.11 Å². The van der Waals surface area contributed by atoms with Crippen molar-refractivity contribution >= 4 is 16.5 Å². The molecule has 2 heterocycles. The molecule has 1 aromatic rings. The van der Waals surface area contributed by atoms with E-state index in [1.165, 1.54) is 19.3 Å². The van der Waals surface area contributed by atoms with Gasteiger partial charge < -0.3 is 10.4 Å². The summed E-state index contributed by atoms with van der Waals surface area (Å²) in [5.41, 5.74) is 0. The van der Waals surface area contributed by atoms with E-state index in [1.807, 2.05) is 0 Å². The number of aliphatic hydroxyl groups is 1. The van der Waals surface area contributed by atoms with E-state index in [-0.39, 0.29) is 6.61 Å². The molecule has 0 spiro atoms. The molecule has 2 N–H and O–H groups in total. The Bertz CT molecular complexity index is 369. The highest BCUT2D eigenvalue weighted by molar-refractivity contribution is 7.15. The lowest BCUT2D eigenvalue weighted by Crippen LogP contribution is -2.39. The predicted octanol–water partition coefficient (Wildman–Crippen LogP) is 2.10. The van der Waals surface area contributed by atoms with Gasteiger partial charge in [0.1, 0.15) is 5.01 Å². The molecule has 0 amide bonds. The van der Waals surface area contributed by atoms with Crippen molar-refractivity contribution in [3.05, 3.63) is 5.01 Å². The molecular weight excluding hydrogens is 260 g/mol. The molecular formula is C13H24N4OS. The number of anilines is 1. The first-order valence-electron chi connectivity index (χ1n) is 7.24. The van der Waals surface area contributed by atoms with E-state index >= 15 is 0 Å². The Balaban J connectivity index is 1.89. The number of aliphatic hydroxyl groups excluding tert-OH is 1. The molecule has 5 nitrogen and oxygen atoms in total. The highest BCUT2D eigenvalue weighted by atomic mass is 32.1. The second kappa shape index (κ2) is 7.77. The first kappa shape index (κ1) is 14.7. The summed E-state index contributed by atoms with van der Waals surface area (Å²) in [6.45, 7) is 5.35. The number of hydrogen-bond acceptors (Lipinski definition) is 6. The van der Waals surface area contributed by atoms with Crippen molar-refractivity contribution in [1.82, 2.24) is 15.1 Å². The van der Waals surface area contributed by atoms with Crippen LogP contribution in [0.4, 0.5) is 5.13 Å². The van der Waals surface area contributed by atoms with Crippen LogP contribution in [0.1, 0.15) is 44.0 Å². The third kappa shape index (κ3) is 4.40. The summed E-state index contributed by atoms with van der Waals surface area (Å²) in [5.74, 6) is 0. The summed E-state index contributed by atoms with van der Waals surface area (Å²) in [6, 6.07) is 0.509. The molecule has 1 aliphatic rings. The van der Waals surface area contributed by atoms with Crippen LogP contribution < -0.4 is 5.32 Å². The number of nitrogens with zero attached hydrogens (tertiary/aromatic N) is 3. The first-order valence-corrected chi connectivity index (χ1v) is 8.06. The minimum atomic E-state index is 0.278. The number of hydrogen-bond donors (Lipinski definition) is 2. The molecule has 19 heavy (non-hydrogen) atoms. The van der Waals surface area contributed by atoms with Gasteiger partial charge in [-0.2, -0.15) is 0 Å². The Morgan fingerprint density at radius 1 is 1.42 bits per heavy atom. The van der Waals surface area contributed by atoms with Crippen LogP contribution in [-0.4, -0.2) is 45.9 Å². The van der Waals surface area contributed by atoms with Crippen molar-refractivity contribution in [3.63, 3.8) is 0 Å². The molecule has 0 aliphatic carbocycles. The smallest absolute Gasteiger partial charge is 0.205 e. The van der Waals surface area contributed by atoms with Crippen LogP contribution in [-0.2, 0) is 6.54 Å². The molecule has 0 radical (unpaired) electrons. The zero-order valence-electron chi connectivity index (χ0n) is 11.6. The topological polar surface area (TPSA) is 61.3 Å². The Morgan fingerprint density at radius 2 is 2.32 bits per heavy atom. The van der Waals surface area contributed by atoms with Gasteiger partial charge in [-0.15, -0.1) is 10.2 Å². The van der Waals surface area contributed by atoms with Crippen LogP contribution in [0.5, 0.6) is 0 Å². The van der Waals surface area contributed by atoms with Crippen LogP contribution in [0.15, 0.2) is 0 Å². The third-order valence-corrected chi connectivity index (χ3v) is 4.41. The number of likely N-dealkylation sites (tertiary alicyclic amines) is 1. The highest BCUT2D eigenvalue weighted by Gasteiger charge is 2.23. The van der Waals surface area contributed by atoms with Crippen molar-refractivity contribution in [2.24, 2.45) is 0 Å². The fourth-order valence-electron chi connectivity index (χ4n) is 2.54. The highest BCUT2D eigenvalue weighted by Crippen LogP contribution is 2.24. The minimum Gasteiger partial charge on any atom is -0.396 e. The van der Waals surface area contributed by atoms with Crippen LogP contribution >= 0.6 is 11.3 Å². The van der Waals surface area contributed by atoms with Gasteiger partial charge in [-0.25, -0.2) is 0 Å². The molecule has 0 aromatic carbocycles. The number of aromatic nitrogens is 2. The molecule has 6 heteroatoms. The van der Waals surface area contributed by atoms with E-state index in [9.17, 15) is 0 Å². The molecule has 0 bridgehead atoms. The lowest BCUT2D eigenvalue weighted by Gasteiger charge is -2.34. The van der Waals surface area contributed by atoms with Crippen molar-refractivity contribution in [3.8, 4) is 0 Å². The van der Waals surface area contributed by atoms with Crippen LogP contribution in [0.2, 0.25) is 0 Å². The lowest BCUT2D eigenvalue weighted by atomic mass is 10.00. The van der Waals surface area contributed by atoms with Crippen LogP contribution in [0, 0.1) is 0 Å². The van der Waals surface area contributed by atoms with Gasteiger partial charge >= 0.3 is 0 Å². The Kier molecular flexibility index (Phi) is 6.00. The summed E-state index contributed by atoms with van der Waals surface area (Å²) in [5, 5.41) is 22.8. The lowest BCUT2D eigenvalue weighted by molar-refractivity contribution is 0.112. The fraction of sp³-hybridized carbons (Fsp3) is 0.846. The Hall–Kier alpha value is -0.720. The molecule has 1 unspecified atom stereocenters. The van der Waals surface area contributed by atoms with E-state index in [1.54, 1.807) is 11.3 Å². The van der Waals surface area contributed by atoms with Gasteiger partial charge in [0.25, 0.3) is 0 Å². The molecule has 2 rings (SSSR count). The summed E-state index contributed by atoms with van der Waals surface area (Å²) in [7, 11) is 0. The molecule has 1 fully saturated rings. The van der Waals surface area contributed by atoms with Crippen LogP contribution in [0.25, 0.3) is 0 Å². The van der Waals surface area contributed by atoms with Gasteiger partial charge in [-0.3, -0.25) is 4.90 Å². The molecule has 1 atom stereocenters. The van der Waals surface area contributed by atoms with Crippen molar-refractivity contribution in [2.45, 2.75) is 51.6 Å². The van der Waals surface area contributed by atoms with E-state index < -0.39 is 0 Å². The SMILES string of the molecule is CCCNc1nnc(CN2CCCCC2CCO)s1. The maximum Gasteiger partial charge on any atom is 0.205 e. The maximum absolute atomic E-state index is 9.14. The first-order chi connectivity index (χ1) is 9.33. The average molecular weight is 284 g/mol. The average Bonchev–Trinajstić information content (AvgIpc) is 2.87. The largest absolute Gasteiger partial charge is 0.396 e. The number of nitrogens with one attached hydrogen (secondary N) is 1.